The lowest BCUT2D eigenvalue weighted by Crippen LogP contribution is -2.06. The Morgan fingerprint density at radius 1 is 1.53 bits per heavy atom. The van der Waals surface area contributed by atoms with Gasteiger partial charge in [-0.1, -0.05) is 6.07 Å². The van der Waals surface area contributed by atoms with Crippen LogP contribution in [-0.2, 0) is 0 Å². The largest absolute Gasteiger partial charge is 0.505 e. The van der Waals surface area contributed by atoms with Gasteiger partial charge >= 0.3 is 0 Å². The molecule has 0 saturated heterocycles. The molecule has 1 unspecified atom stereocenters. The molecule has 82 valence electrons. The van der Waals surface area contributed by atoms with E-state index in [1.165, 1.54) is 12.1 Å². The maximum atomic E-state index is 11.6. The van der Waals surface area contributed by atoms with E-state index in [1.807, 2.05) is 0 Å². The fourth-order valence-corrected chi connectivity index (χ4v) is 1.26. The maximum absolute atomic E-state index is 11.6. The normalized spacial score (nSPS) is 12.4. The molecule has 1 aromatic carbocycles. The van der Waals surface area contributed by atoms with Gasteiger partial charge in [0.15, 0.2) is 5.78 Å². The standard InChI is InChI=1S/C11H15NO3/c1-7(13)5-6-10(14)8-3-2-4-9(12)11(8)15/h2-4,7,13,15H,5-6,12H2,1H3. The summed E-state index contributed by atoms with van der Waals surface area (Å²) < 4.78 is 0. The number of phenols is 1. The van der Waals surface area contributed by atoms with Gasteiger partial charge < -0.3 is 15.9 Å². The zero-order valence-electron chi connectivity index (χ0n) is 8.60. The van der Waals surface area contributed by atoms with Crippen molar-refractivity contribution in [2.24, 2.45) is 0 Å². The lowest BCUT2D eigenvalue weighted by atomic mass is 10.0. The van der Waals surface area contributed by atoms with Crippen molar-refractivity contribution in [1.29, 1.82) is 0 Å². The number of hydrogen-bond acceptors (Lipinski definition) is 4. The molecule has 0 spiro atoms. The number of carbonyl (C=O) groups excluding carboxylic acids is 1. The summed E-state index contributed by atoms with van der Waals surface area (Å²) in [7, 11) is 0. The molecular weight excluding hydrogens is 194 g/mol. The van der Waals surface area contributed by atoms with Gasteiger partial charge in [-0.2, -0.15) is 0 Å². The number of hydrogen-bond donors (Lipinski definition) is 3. The van der Waals surface area contributed by atoms with E-state index in [0.29, 0.717) is 6.42 Å². The number of anilines is 1. The molecule has 15 heavy (non-hydrogen) atoms. The van der Waals surface area contributed by atoms with Gasteiger partial charge in [0.05, 0.1) is 17.4 Å². The van der Waals surface area contributed by atoms with E-state index >= 15 is 0 Å². The van der Waals surface area contributed by atoms with Crippen LogP contribution in [0.2, 0.25) is 0 Å². The van der Waals surface area contributed by atoms with E-state index in [1.54, 1.807) is 13.0 Å². The SMILES string of the molecule is CC(O)CCC(=O)c1cccc(N)c1O. The summed E-state index contributed by atoms with van der Waals surface area (Å²) in [5.74, 6) is -0.381. The number of carbonyl (C=O) groups is 1. The van der Waals surface area contributed by atoms with E-state index in [2.05, 4.69) is 0 Å². The molecule has 4 heteroatoms. The van der Waals surface area contributed by atoms with Crippen LogP contribution in [0.5, 0.6) is 5.75 Å². The summed E-state index contributed by atoms with van der Waals surface area (Å²) in [6, 6.07) is 4.67. The minimum Gasteiger partial charge on any atom is -0.505 e. The van der Waals surface area contributed by atoms with Crippen molar-refractivity contribution in [2.45, 2.75) is 25.9 Å². The summed E-state index contributed by atoms with van der Waals surface area (Å²) in [4.78, 5) is 11.6. The summed E-state index contributed by atoms with van der Waals surface area (Å²) >= 11 is 0. The van der Waals surface area contributed by atoms with Gasteiger partial charge in [0.2, 0.25) is 0 Å². The Labute approximate surface area is 88.3 Å². The Hall–Kier alpha value is -1.55. The molecule has 0 heterocycles. The minimum absolute atomic E-state index is 0.173. The second-order valence-corrected chi connectivity index (χ2v) is 3.55. The first-order chi connectivity index (χ1) is 7.02. The number of aliphatic hydroxyl groups is 1. The monoisotopic (exact) mass is 209 g/mol. The quantitative estimate of drug-likeness (QED) is 0.396. The molecule has 0 aromatic heterocycles. The van der Waals surface area contributed by atoms with Crippen LogP contribution in [0, 0.1) is 0 Å². The van der Waals surface area contributed by atoms with Crippen LogP contribution in [0.1, 0.15) is 30.1 Å². The molecule has 1 aromatic rings. The van der Waals surface area contributed by atoms with Crippen LogP contribution in [0.4, 0.5) is 5.69 Å². The van der Waals surface area contributed by atoms with Crippen LogP contribution in [0.15, 0.2) is 18.2 Å². The van der Waals surface area contributed by atoms with Crippen molar-refractivity contribution in [1.82, 2.24) is 0 Å². The molecule has 0 aliphatic carbocycles. The lowest BCUT2D eigenvalue weighted by molar-refractivity contribution is 0.0947. The van der Waals surface area contributed by atoms with Gasteiger partial charge in [-0.25, -0.2) is 0 Å². The number of nitrogen functional groups attached to an aromatic ring is 1. The molecule has 0 aliphatic rings. The zero-order chi connectivity index (χ0) is 11.4. The van der Waals surface area contributed by atoms with Crippen molar-refractivity contribution >= 4 is 11.5 Å². The predicted octanol–water partition coefficient (Wildman–Crippen LogP) is 1.32. The van der Waals surface area contributed by atoms with Crippen LogP contribution < -0.4 is 5.73 Å². The van der Waals surface area contributed by atoms with Crippen molar-refractivity contribution in [2.75, 3.05) is 5.73 Å². The number of aromatic hydroxyl groups is 1. The fraction of sp³-hybridized carbons (Fsp3) is 0.364. The van der Waals surface area contributed by atoms with Gasteiger partial charge in [-0.3, -0.25) is 4.79 Å². The predicted molar refractivity (Wildman–Crippen MR) is 57.8 cm³/mol. The molecule has 1 rings (SSSR count). The number of benzene rings is 1. The molecule has 0 saturated carbocycles. The summed E-state index contributed by atoms with van der Waals surface area (Å²) in [5.41, 5.74) is 5.87. The number of para-hydroxylation sites is 1. The highest BCUT2D eigenvalue weighted by Gasteiger charge is 2.13. The van der Waals surface area contributed by atoms with E-state index < -0.39 is 6.10 Å². The Morgan fingerprint density at radius 2 is 2.20 bits per heavy atom. The first kappa shape index (κ1) is 11.5. The van der Waals surface area contributed by atoms with E-state index in [4.69, 9.17) is 10.8 Å². The molecule has 0 amide bonds. The average Bonchev–Trinajstić information content (AvgIpc) is 2.18. The van der Waals surface area contributed by atoms with E-state index in [0.717, 1.165) is 0 Å². The van der Waals surface area contributed by atoms with Crippen LogP contribution in [0.3, 0.4) is 0 Å². The number of nitrogens with two attached hydrogens (primary N) is 1. The minimum atomic E-state index is -0.517. The Kier molecular flexibility index (Phi) is 3.68. The highest BCUT2D eigenvalue weighted by atomic mass is 16.3. The Morgan fingerprint density at radius 3 is 2.80 bits per heavy atom. The van der Waals surface area contributed by atoms with Crippen molar-refractivity contribution in [3.63, 3.8) is 0 Å². The zero-order valence-corrected chi connectivity index (χ0v) is 8.60. The molecule has 0 radical (unpaired) electrons. The second-order valence-electron chi connectivity index (χ2n) is 3.55. The van der Waals surface area contributed by atoms with Gasteiger partial charge in [0.1, 0.15) is 5.75 Å². The highest BCUT2D eigenvalue weighted by molar-refractivity contribution is 6.00. The molecule has 4 N–H and O–H groups in total. The number of ketones is 1. The maximum Gasteiger partial charge on any atom is 0.166 e. The average molecular weight is 209 g/mol. The highest BCUT2D eigenvalue weighted by Crippen LogP contribution is 2.25. The van der Waals surface area contributed by atoms with Gasteiger partial charge in [0.25, 0.3) is 0 Å². The molecule has 0 bridgehead atoms. The number of Topliss-reactive ketones (excluding diaryl/α,β-unsaturated/α-hetero) is 1. The molecular formula is C11H15NO3. The molecule has 0 fully saturated rings. The lowest BCUT2D eigenvalue weighted by Gasteiger charge is -2.06. The summed E-state index contributed by atoms with van der Waals surface area (Å²) in [6.45, 7) is 1.62. The number of phenolic OH excluding ortho intramolecular Hbond substituents is 1. The van der Waals surface area contributed by atoms with Gasteiger partial charge in [-0.15, -0.1) is 0 Å². The molecule has 0 aliphatic heterocycles. The Bertz CT molecular complexity index is 361. The third-order valence-electron chi connectivity index (χ3n) is 2.16. The first-order valence-corrected chi connectivity index (χ1v) is 4.81. The van der Waals surface area contributed by atoms with E-state index in [-0.39, 0.29) is 29.2 Å². The smallest absolute Gasteiger partial charge is 0.166 e. The van der Waals surface area contributed by atoms with Gasteiger partial charge in [0, 0.05) is 6.42 Å². The second kappa shape index (κ2) is 4.79. The van der Waals surface area contributed by atoms with Gasteiger partial charge in [-0.05, 0) is 25.5 Å². The fourth-order valence-electron chi connectivity index (χ4n) is 1.26. The van der Waals surface area contributed by atoms with Crippen LogP contribution >= 0.6 is 0 Å². The third-order valence-corrected chi connectivity index (χ3v) is 2.16. The summed E-state index contributed by atoms with van der Waals surface area (Å²) in [5, 5.41) is 18.6. The van der Waals surface area contributed by atoms with E-state index in [9.17, 15) is 9.90 Å². The van der Waals surface area contributed by atoms with Crippen LogP contribution in [0.25, 0.3) is 0 Å². The van der Waals surface area contributed by atoms with Crippen LogP contribution in [-0.4, -0.2) is 22.1 Å². The summed E-state index contributed by atoms with van der Waals surface area (Å²) in [6.07, 6.45) is 0.0685. The van der Waals surface area contributed by atoms with Crippen molar-refractivity contribution in [3.8, 4) is 5.75 Å². The Balaban J connectivity index is 2.78. The third kappa shape index (κ3) is 2.95. The first-order valence-electron chi connectivity index (χ1n) is 4.81. The van der Waals surface area contributed by atoms with Crippen molar-refractivity contribution in [3.05, 3.63) is 23.8 Å². The molecule has 4 nitrogen and oxygen atoms in total. The number of aliphatic hydroxyl groups excluding tert-OH is 1. The molecule has 1 atom stereocenters. The van der Waals surface area contributed by atoms with Crippen molar-refractivity contribution < 1.29 is 15.0 Å². The topological polar surface area (TPSA) is 83.5 Å². The number of rotatable bonds is 4.